The summed E-state index contributed by atoms with van der Waals surface area (Å²) in [6, 6.07) is 17.8. The van der Waals surface area contributed by atoms with E-state index in [4.69, 9.17) is 5.73 Å². The van der Waals surface area contributed by atoms with Gasteiger partial charge in [-0.25, -0.2) is 0 Å². The minimum absolute atomic E-state index is 0.159. The Morgan fingerprint density at radius 1 is 0.952 bits per heavy atom. The lowest BCUT2D eigenvalue weighted by atomic mass is 9.85. The third kappa shape index (κ3) is 3.14. The van der Waals surface area contributed by atoms with Gasteiger partial charge >= 0.3 is 0 Å². The van der Waals surface area contributed by atoms with Crippen LogP contribution in [-0.4, -0.2) is 5.78 Å². The molecule has 21 heavy (non-hydrogen) atoms. The Kier molecular flexibility index (Phi) is 3.73. The summed E-state index contributed by atoms with van der Waals surface area (Å²) in [5, 5.41) is 3.29. The van der Waals surface area contributed by atoms with Crippen LogP contribution in [0.3, 0.4) is 0 Å². The van der Waals surface area contributed by atoms with Gasteiger partial charge in [-0.3, -0.25) is 4.79 Å². The third-order valence-corrected chi connectivity index (χ3v) is 3.78. The molecule has 2 aromatic carbocycles. The number of para-hydroxylation sites is 2. The Balaban J connectivity index is 1.80. The fourth-order valence-electron chi connectivity index (χ4n) is 2.72. The molecular weight excluding hydrogens is 260 g/mol. The number of ketones is 1. The largest absolute Gasteiger partial charge is 0.397 e. The Hall–Kier alpha value is -2.55. The first-order chi connectivity index (χ1) is 10.2. The second-order valence-corrected chi connectivity index (χ2v) is 5.36. The molecule has 0 spiro atoms. The molecule has 0 amide bonds. The topological polar surface area (TPSA) is 55.1 Å². The van der Waals surface area contributed by atoms with Crippen molar-refractivity contribution in [2.45, 2.75) is 18.8 Å². The summed E-state index contributed by atoms with van der Waals surface area (Å²) in [6.07, 6.45) is 3.09. The molecule has 1 atom stereocenters. The predicted octanol–water partition coefficient (Wildman–Crippen LogP) is 3.71. The second kappa shape index (κ2) is 5.83. The van der Waals surface area contributed by atoms with Crippen LogP contribution in [-0.2, 0) is 4.79 Å². The van der Waals surface area contributed by atoms with E-state index in [1.54, 1.807) is 6.08 Å². The van der Waals surface area contributed by atoms with E-state index < -0.39 is 0 Å². The SMILES string of the molecule is Nc1ccccc1NC1=CC(=O)C[C@@H](c2ccccc2)C1. The van der Waals surface area contributed by atoms with E-state index in [9.17, 15) is 4.79 Å². The second-order valence-electron chi connectivity index (χ2n) is 5.36. The maximum absolute atomic E-state index is 12.0. The highest BCUT2D eigenvalue weighted by Crippen LogP contribution is 2.32. The van der Waals surface area contributed by atoms with Gasteiger partial charge in [-0.1, -0.05) is 42.5 Å². The first-order valence-corrected chi connectivity index (χ1v) is 7.12. The van der Waals surface area contributed by atoms with Crippen molar-refractivity contribution in [3.8, 4) is 0 Å². The maximum atomic E-state index is 12.0. The molecule has 0 aliphatic heterocycles. The average molecular weight is 278 g/mol. The van der Waals surface area contributed by atoms with E-state index in [1.807, 2.05) is 42.5 Å². The molecule has 0 saturated heterocycles. The number of hydrogen-bond acceptors (Lipinski definition) is 3. The molecule has 0 saturated carbocycles. The number of hydrogen-bond donors (Lipinski definition) is 2. The van der Waals surface area contributed by atoms with Crippen LogP contribution < -0.4 is 11.1 Å². The van der Waals surface area contributed by atoms with Crippen molar-refractivity contribution in [2.75, 3.05) is 11.1 Å². The van der Waals surface area contributed by atoms with Crippen molar-refractivity contribution in [1.29, 1.82) is 0 Å². The van der Waals surface area contributed by atoms with Gasteiger partial charge in [-0.2, -0.15) is 0 Å². The number of anilines is 2. The van der Waals surface area contributed by atoms with Crippen molar-refractivity contribution in [3.05, 3.63) is 71.9 Å². The van der Waals surface area contributed by atoms with Crippen LogP contribution in [0.5, 0.6) is 0 Å². The van der Waals surface area contributed by atoms with Crippen molar-refractivity contribution >= 4 is 17.2 Å². The number of allylic oxidation sites excluding steroid dienone is 2. The summed E-state index contributed by atoms with van der Waals surface area (Å²) >= 11 is 0. The van der Waals surface area contributed by atoms with Gasteiger partial charge < -0.3 is 11.1 Å². The summed E-state index contributed by atoms with van der Waals surface area (Å²) < 4.78 is 0. The lowest BCUT2D eigenvalue weighted by molar-refractivity contribution is -0.115. The first-order valence-electron chi connectivity index (χ1n) is 7.12. The molecule has 0 heterocycles. The maximum Gasteiger partial charge on any atom is 0.158 e. The Labute approximate surface area is 124 Å². The minimum atomic E-state index is 0.159. The quantitative estimate of drug-likeness (QED) is 0.841. The van der Waals surface area contributed by atoms with Crippen LogP contribution in [0.1, 0.15) is 24.3 Å². The van der Waals surface area contributed by atoms with E-state index in [0.717, 1.165) is 17.8 Å². The molecule has 106 valence electrons. The standard InChI is InChI=1S/C18H18N2O/c19-17-8-4-5-9-18(17)20-15-10-14(11-16(21)12-15)13-6-2-1-3-7-13/h1-9,12,14,20H,10-11,19H2/t14-/m0/s1. The zero-order valence-electron chi connectivity index (χ0n) is 11.8. The number of nitrogens with two attached hydrogens (primary N) is 1. The fraction of sp³-hybridized carbons (Fsp3) is 0.167. The molecule has 0 aromatic heterocycles. The highest BCUT2D eigenvalue weighted by Gasteiger charge is 2.22. The molecular formula is C18H18N2O. The molecule has 3 rings (SSSR count). The normalized spacial score (nSPS) is 18.2. The van der Waals surface area contributed by atoms with E-state index >= 15 is 0 Å². The van der Waals surface area contributed by atoms with Crippen molar-refractivity contribution in [2.24, 2.45) is 0 Å². The fourth-order valence-corrected chi connectivity index (χ4v) is 2.72. The first kappa shape index (κ1) is 13.4. The highest BCUT2D eigenvalue weighted by atomic mass is 16.1. The van der Waals surface area contributed by atoms with Gasteiger partial charge in [0.05, 0.1) is 11.4 Å². The third-order valence-electron chi connectivity index (χ3n) is 3.78. The van der Waals surface area contributed by atoms with Crippen LogP contribution in [0, 0.1) is 0 Å². The molecule has 3 heteroatoms. The van der Waals surface area contributed by atoms with Gasteiger partial charge in [0, 0.05) is 18.2 Å². The molecule has 0 unspecified atom stereocenters. The molecule has 1 aliphatic carbocycles. The van der Waals surface area contributed by atoms with Crippen LogP contribution in [0.25, 0.3) is 0 Å². The zero-order valence-corrected chi connectivity index (χ0v) is 11.8. The average Bonchev–Trinajstić information content (AvgIpc) is 2.50. The lowest BCUT2D eigenvalue weighted by Crippen LogP contribution is -2.17. The molecule has 1 aliphatic rings. The van der Waals surface area contributed by atoms with E-state index in [0.29, 0.717) is 12.1 Å². The van der Waals surface area contributed by atoms with E-state index in [-0.39, 0.29) is 11.7 Å². The lowest BCUT2D eigenvalue weighted by Gasteiger charge is -2.23. The summed E-state index contributed by atoms with van der Waals surface area (Å²) in [4.78, 5) is 12.0. The predicted molar refractivity (Wildman–Crippen MR) is 86.0 cm³/mol. The van der Waals surface area contributed by atoms with Crippen LogP contribution in [0.2, 0.25) is 0 Å². The summed E-state index contributed by atoms with van der Waals surface area (Å²) in [5.41, 5.74) is 9.62. The van der Waals surface area contributed by atoms with Crippen molar-refractivity contribution < 1.29 is 4.79 Å². The van der Waals surface area contributed by atoms with Gasteiger partial charge in [0.15, 0.2) is 5.78 Å². The number of nitrogen functional groups attached to an aromatic ring is 1. The zero-order chi connectivity index (χ0) is 14.7. The van der Waals surface area contributed by atoms with Crippen LogP contribution in [0.4, 0.5) is 11.4 Å². The number of carbonyl (C=O) groups excluding carboxylic acids is 1. The molecule has 2 aromatic rings. The molecule has 0 fully saturated rings. The van der Waals surface area contributed by atoms with E-state index in [1.165, 1.54) is 5.56 Å². The van der Waals surface area contributed by atoms with Gasteiger partial charge in [-0.05, 0) is 30.0 Å². The van der Waals surface area contributed by atoms with Crippen molar-refractivity contribution in [1.82, 2.24) is 0 Å². The molecule has 3 nitrogen and oxygen atoms in total. The Morgan fingerprint density at radius 2 is 1.67 bits per heavy atom. The molecule has 3 N–H and O–H groups in total. The van der Waals surface area contributed by atoms with Gasteiger partial charge in [0.2, 0.25) is 0 Å². The molecule has 0 bridgehead atoms. The summed E-state index contributed by atoms with van der Waals surface area (Å²) in [5.74, 6) is 0.392. The number of benzene rings is 2. The number of carbonyl (C=O) groups is 1. The number of nitrogens with one attached hydrogen (secondary N) is 1. The highest BCUT2D eigenvalue weighted by molar-refractivity contribution is 5.92. The van der Waals surface area contributed by atoms with Crippen molar-refractivity contribution in [3.63, 3.8) is 0 Å². The van der Waals surface area contributed by atoms with Crippen LogP contribution >= 0.6 is 0 Å². The van der Waals surface area contributed by atoms with Crippen LogP contribution in [0.15, 0.2) is 66.4 Å². The minimum Gasteiger partial charge on any atom is -0.397 e. The van der Waals surface area contributed by atoms with Gasteiger partial charge in [0.1, 0.15) is 0 Å². The summed E-state index contributed by atoms with van der Waals surface area (Å²) in [6.45, 7) is 0. The van der Waals surface area contributed by atoms with E-state index in [2.05, 4.69) is 17.4 Å². The van der Waals surface area contributed by atoms with Gasteiger partial charge in [0.25, 0.3) is 0 Å². The summed E-state index contributed by atoms with van der Waals surface area (Å²) in [7, 11) is 0. The monoisotopic (exact) mass is 278 g/mol. The molecule has 0 radical (unpaired) electrons. The Bertz CT molecular complexity index is 677. The smallest absolute Gasteiger partial charge is 0.158 e. The Morgan fingerprint density at radius 3 is 2.43 bits per heavy atom. The van der Waals surface area contributed by atoms with Gasteiger partial charge in [-0.15, -0.1) is 0 Å². The number of rotatable bonds is 3.